The Balaban J connectivity index is 1.93. The Morgan fingerprint density at radius 3 is 2.19 bits per heavy atom. The highest BCUT2D eigenvalue weighted by molar-refractivity contribution is 5.97. The second-order valence-corrected chi connectivity index (χ2v) is 6.02. The van der Waals surface area contributed by atoms with Crippen molar-refractivity contribution in [3.05, 3.63) is 95.6 Å². The van der Waals surface area contributed by atoms with Crippen molar-refractivity contribution < 1.29 is 14.3 Å². The van der Waals surface area contributed by atoms with E-state index in [-0.39, 0.29) is 11.9 Å². The quantitative estimate of drug-likeness (QED) is 0.668. The fourth-order valence-electron chi connectivity index (χ4n) is 2.95. The van der Waals surface area contributed by atoms with Gasteiger partial charge >= 0.3 is 0 Å². The molecule has 4 heteroatoms. The molecule has 0 aliphatic carbocycles. The Morgan fingerprint density at radius 1 is 0.889 bits per heavy atom. The molecule has 3 aromatic rings. The molecule has 1 atom stereocenters. The third-order valence-electron chi connectivity index (χ3n) is 4.29. The average molecular weight is 361 g/mol. The summed E-state index contributed by atoms with van der Waals surface area (Å²) in [7, 11) is 1.64. The molecule has 0 saturated heterocycles. The Hall–Kier alpha value is -3.27. The number of nitrogens with one attached hydrogen (secondary N) is 1. The van der Waals surface area contributed by atoms with Crippen LogP contribution in [0.3, 0.4) is 0 Å². The zero-order valence-corrected chi connectivity index (χ0v) is 15.5. The van der Waals surface area contributed by atoms with E-state index in [2.05, 4.69) is 5.32 Å². The highest BCUT2D eigenvalue weighted by Gasteiger charge is 2.20. The molecule has 4 nitrogen and oxygen atoms in total. The molecular formula is C23H23NO3. The van der Waals surface area contributed by atoms with Gasteiger partial charge in [0.25, 0.3) is 5.91 Å². The van der Waals surface area contributed by atoms with E-state index in [1.165, 1.54) is 0 Å². The molecule has 3 rings (SSSR count). The van der Waals surface area contributed by atoms with Gasteiger partial charge in [0, 0.05) is 0 Å². The maximum atomic E-state index is 13.0. The van der Waals surface area contributed by atoms with Crippen molar-refractivity contribution in [2.75, 3.05) is 13.7 Å². The van der Waals surface area contributed by atoms with E-state index in [0.717, 1.165) is 16.9 Å². The molecule has 0 spiro atoms. The molecule has 0 unspecified atom stereocenters. The predicted octanol–water partition coefficient (Wildman–Crippen LogP) is 4.61. The minimum absolute atomic E-state index is 0.177. The van der Waals surface area contributed by atoms with Gasteiger partial charge in [-0.05, 0) is 42.3 Å². The molecule has 3 aromatic carbocycles. The van der Waals surface area contributed by atoms with Crippen molar-refractivity contribution >= 4 is 5.91 Å². The lowest BCUT2D eigenvalue weighted by Crippen LogP contribution is -2.29. The number of methoxy groups -OCH3 is 1. The van der Waals surface area contributed by atoms with Gasteiger partial charge in [-0.3, -0.25) is 4.79 Å². The number of benzene rings is 3. The molecular weight excluding hydrogens is 338 g/mol. The molecule has 1 N–H and O–H groups in total. The van der Waals surface area contributed by atoms with Gasteiger partial charge in [0.1, 0.15) is 11.5 Å². The highest BCUT2D eigenvalue weighted by Crippen LogP contribution is 2.26. The zero-order chi connectivity index (χ0) is 19.1. The number of carbonyl (C=O) groups excluding carboxylic acids is 1. The summed E-state index contributed by atoms with van der Waals surface area (Å²) >= 11 is 0. The van der Waals surface area contributed by atoms with Crippen LogP contribution in [-0.4, -0.2) is 19.6 Å². The molecule has 0 fully saturated rings. The highest BCUT2D eigenvalue weighted by atomic mass is 16.5. The smallest absolute Gasteiger partial charge is 0.255 e. The molecule has 27 heavy (non-hydrogen) atoms. The summed E-state index contributed by atoms with van der Waals surface area (Å²) in [5, 5.41) is 3.14. The monoisotopic (exact) mass is 361 g/mol. The normalized spacial score (nSPS) is 11.5. The van der Waals surface area contributed by atoms with E-state index < -0.39 is 0 Å². The number of para-hydroxylation sites is 1. The van der Waals surface area contributed by atoms with E-state index in [1.54, 1.807) is 13.2 Å². The summed E-state index contributed by atoms with van der Waals surface area (Å²) in [5.41, 5.74) is 2.50. The standard InChI is InChI=1S/C23H23NO3/c1-3-27-21-12-8-7-11-20(21)23(25)24-22(17-9-5-4-6-10-17)18-13-15-19(26-2)16-14-18/h4-16,22H,3H2,1-2H3,(H,24,25)/t22-/m1/s1. The molecule has 0 heterocycles. The summed E-state index contributed by atoms with van der Waals surface area (Å²) in [5.74, 6) is 1.18. The first-order chi connectivity index (χ1) is 13.2. The summed E-state index contributed by atoms with van der Waals surface area (Å²) < 4.78 is 10.8. The average Bonchev–Trinajstić information content (AvgIpc) is 2.73. The summed E-state index contributed by atoms with van der Waals surface area (Å²) in [6.45, 7) is 2.41. The SMILES string of the molecule is CCOc1ccccc1C(=O)N[C@H](c1ccccc1)c1ccc(OC)cc1. The number of rotatable bonds is 7. The van der Waals surface area contributed by atoms with Crippen LogP contribution in [0, 0.1) is 0 Å². The fourth-order valence-corrected chi connectivity index (χ4v) is 2.95. The van der Waals surface area contributed by atoms with E-state index >= 15 is 0 Å². The Kier molecular flexibility index (Phi) is 6.10. The molecule has 0 saturated carbocycles. The first-order valence-corrected chi connectivity index (χ1v) is 8.94. The Bertz CT molecular complexity index is 876. The first kappa shape index (κ1) is 18.5. The predicted molar refractivity (Wildman–Crippen MR) is 106 cm³/mol. The largest absolute Gasteiger partial charge is 0.497 e. The van der Waals surface area contributed by atoms with Crippen molar-refractivity contribution in [1.29, 1.82) is 0 Å². The van der Waals surface area contributed by atoms with Gasteiger partial charge in [-0.2, -0.15) is 0 Å². The van der Waals surface area contributed by atoms with Gasteiger partial charge in [0.15, 0.2) is 0 Å². The maximum absolute atomic E-state index is 13.0. The third-order valence-corrected chi connectivity index (χ3v) is 4.29. The Labute approximate surface area is 159 Å². The zero-order valence-electron chi connectivity index (χ0n) is 15.5. The molecule has 0 aromatic heterocycles. The molecule has 1 amide bonds. The van der Waals surface area contributed by atoms with Crippen molar-refractivity contribution in [2.45, 2.75) is 13.0 Å². The van der Waals surface area contributed by atoms with Crippen LogP contribution in [0.15, 0.2) is 78.9 Å². The number of carbonyl (C=O) groups is 1. The third kappa shape index (κ3) is 4.47. The van der Waals surface area contributed by atoms with Gasteiger partial charge in [0.05, 0.1) is 25.3 Å². The minimum atomic E-state index is -0.278. The molecule has 0 aliphatic heterocycles. The van der Waals surface area contributed by atoms with Gasteiger partial charge in [-0.15, -0.1) is 0 Å². The van der Waals surface area contributed by atoms with Crippen molar-refractivity contribution in [3.63, 3.8) is 0 Å². The summed E-state index contributed by atoms with van der Waals surface area (Å²) in [6, 6.07) is 24.6. The van der Waals surface area contributed by atoms with Crippen LogP contribution in [0.2, 0.25) is 0 Å². The number of hydrogen-bond donors (Lipinski definition) is 1. The molecule has 0 bridgehead atoms. The lowest BCUT2D eigenvalue weighted by molar-refractivity contribution is 0.0939. The van der Waals surface area contributed by atoms with Crippen LogP contribution < -0.4 is 14.8 Å². The van der Waals surface area contributed by atoms with Crippen LogP contribution in [-0.2, 0) is 0 Å². The second-order valence-electron chi connectivity index (χ2n) is 6.02. The number of amides is 1. The van der Waals surface area contributed by atoms with Gasteiger partial charge in [-0.1, -0.05) is 54.6 Å². The molecule has 0 aliphatic rings. The van der Waals surface area contributed by atoms with Crippen molar-refractivity contribution in [2.24, 2.45) is 0 Å². The second kappa shape index (κ2) is 8.90. The van der Waals surface area contributed by atoms with E-state index in [0.29, 0.717) is 17.9 Å². The van der Waals surface area contributed by atoms with Crippen molar-refractivity contribution in [1.82, 2.24) is 5.32 Å². The van der Waals surface area contributed by atoms with E-state index in [4.69, 9.17) is 9.47 Å². The van der Waals surface area contributed by atoms with Crippen molar-refractivity contribution in [3.8, 4) is 11.5 Å². The summed E-state index contributed by atoms with van der Waals surface area (Å²) in [4.78, 5) is 13.0. The van der Waals surface area contributed by atoms with Gasteiger partial charge in [0.2, 0.25) is 0 Å². The maximum Gasteiger partial charge on any atom is 0.255 e. The van der Waals surface area contributed by atoms with Crippen LogP contribution in [0.25, 0.3) is 0 Å². The lowest BCUT2D eigenvalue weighted by atomic mass is 9.98. The summed E-state index contributed by atoms with van der Waals surface area (Å²) in [6.07, 6.45) is 0. The number of hydrogen-bond acceptors (Lipinski definition) is 3. The Morgan fingerprint density at radius 2 is 1.52 bits per heavy atom. The van der Waals surface area contributed by atoms with E-state index in [9.17, 15) is 4.79 Å². The van der Waals surface area contributed by atoms with Crippen LogP contribution in [0.4, 0.5) is 0 Å². The topological polar surface area (TPSA) is 47.6 Å². The molecule has 138 valence electrons. The first-order valence-electron chi connectivity index (χ1n) is 8.94. The molecule has 0 radical (unpaired) electrons. The minimum Gasteiger partial charge on any atom is -0.497 e. The fraction of sp³-hybridized carbons (Fsp3) is 0.174. The van der Waals surface area contributed by atoms with Gasteiger partial charge in [-0.25, -0.2) is 0 Å². The number of ether oxygens (including phenoxy) is 2. The van der Waals surface area contributed by atoms with Gasteiger partial charge < -0.3 is 14.8 Å². The lowest BCUT2D eigenvalue weighted by Gasteiger charge is -2.21. The van der Waals surface area contributed by atoms with Crippen LogP contribution >= 0.6 is 0 Å². The van der Waals surface area contributed by atoms with E-state index in [1.807, 2.05) is 79.7 Å². The van der Waals surface area contributed by atoms with Crippen LogP contribution in [0.5, 0.6) is 11.5 Å². The van der Waals surface area contributed by atoms with Crippen LogP contribution in [0.1, 0.15) is 34.5 Å².